The van der Waals surface area contributed by atoms with Gasteiger partial charge in [0.2, 0.25) is 0 Å². The molecule has 1 saturated heterocycles. The normalized spacial score (nSPS) is 15.5. The van der Waals surface area contributed by atoms with Crippen molar-refractivity contribution in [1.82, 2.24) is 24.0 Å². The van der Waals surface area contributed by atoms with Crippen LogP contribution in [-0.2, 0) is 20.1 Å². The van der Waals surface area contributed by atoms with Gasteiger partial charge in [-0.3, -0.25) is 4.90 Å². The van der Waals surface area contributed by atoms with Crippen LogP contribution in [0.1, 0.15) is 36.0 Å². The number of hydrogen-bond acceptors (Lipinski definition) is 4. The molecule has 0 aliphatic carbocycles. The summed E-state index contributed by atoms with van der Waals surface area (Å²) in [7, 11) is 3.82. The highest BCUT2D eigenvalue weighted by atomic mass is 16.5. The summed E-state index contributed by atoms with van der Waals surface area (Å²) in [6.07, 6.45) is 6.29. The largest absolute Gasteiger partial charge is 0.497 e. The fourth-order valence-electron chi connectivity index (χ4n) is 4.63. The van der Waals surface area contributed by atoms with E-state index in [0.29, 0.717) is 5.92 Å². The quantitative estimate of drug-likeness (QED) is 0.473. The molecule has 4 aromatic rings. The maximum absolute atomic E-state index is 5.27. The molecule has 0 saturated carbocycles. The molecule has 2 aromatic heterocycles. The molecule has 3 heterocycles. The van der Waals surface area contributed by atoms with E-state index in [2.05, 4.69) is 63.7 Å². The maximum Gasteiger partial charge on any atom is 0.123 e. The van der Waals surface area contributed by atoms with E-state index in [1.54, 1.807) is 7.11 Å². The summed E-state index contributed by atoms with van der Waals surface area (Å²) in [5.41, 5.74) is 3.54. The molecule has 0 unspecified atom stereocenters. The fourth-order valence-corrected chi connectivity index (χ4v) is 4.63. The van der Waals surface area contributed by atoms with Crippen molar-refractivity contribution >= 4 is 11.0 Å². The van der Waals surface area contributed by atoms with Crippen LogP contribution in [0.2, 0.25) is 0 Å². The molecule has 0 bridgehead atoms. The lowest BCUT2D eigenvalue weighted by Gasteiger charge is -2.31. The van der Waals surface area contributed by atoms with Gasteiger partial charge in [0.25, 0.3) is 0 Å². The number of rotatable bonds is 6. The van der Waals surface area contributed by atoms with Gasteiger partial charge < -0.3 is 13.9 Å². The van der Waals surface area contributed by atoms with Crippen LogP contribution in [0.3, 0.4) is 0 Å². The molecular weight excluding hydrogens is 386 g/mol. The van der Waals surface area contributed by atoms with Gasteiger partial charge in [0.05, 0.1) is 24.7 Å². The van der Waals surface area contributed by atoms with E-state index in [1.165, 1.54) is 16.9 Å². The third-order valence-electron chi connectivity index (χ3n) is 6.46. The number of nitrogens with zero attached hydrogens (tertiary/aromatic N) is 5. The molecule has 0 N–H and O–H groups in total. The number of imidazole rings is 2. The Morgan fingerprint density at radius 2 is 1.77 bits per heavy atom. The lowest BCUT2D eigenvalue weighted by Crippen LogP contribution is -2.34. The second-order valence-corrected chi connectivity index (χ2v) is 8.39. The van der Waals surface area contributed by atoms with Gasteiger partial charge in [-0.15, -0.1) is 0 Å². The second kappa shape index (κ2) is 8.55. The molecule has 1 aliphatic rings. The smallest absolute Gasteiger partial charge is 0.123 e. The molecule has 1 aliphatic heterocycles. The number of fused-ring (bicyclic) bond motifs is 1. The summed E-state index contributed by atoms with van der Waals surface area (Å²) < 4.78 is 9.79. The number of aryl methyl sites for hydroxylation is 1. The number of methoxy groups -OCH3 is 1. The first kappa shape index (κ1) is 19.8. The van der Waals surface area contributed by atoms with Gasteiger partial charge in [-0.2, -0.15) is 0 Å². The molecule has 5 rings (SSSR count). The van der Waals surface area contributed by atoms with Crippen molar-refractivity contribution < 1.29 is 4.74 Å². The Labute approximate surface area is 183 Å². The number of hydrogen-bond donors (Lipinski definition) is 0. The van der Waals surface area contributed by atoms with E-state index in [1.807, 2.05) is 18.3 Å². The Kier molecular flexibility index (Phi) is 5.47. The Morgan fingerprint density at radius 3 is 2.52 bits per heavy atom. The van der Waals surface area contributed by atoms with E-state index in [-0.39, 0.29) is 0 Å². The molecule has 2 aromatic carbocycles. The van der Waals surface area contributed by atoms with E-state index < -0.39 is 0 Å². The van der Waals surface area contributed by atoms with Crippen molar-refractivity contribution in [2.45, 2.75) is 31.8 Å². The zero-order valence-electron chi connectivity index (χ0n) is 18.2. The van der Waals surface area contributed by atoms with Gasteiger partial charge in [-0.25, -0.2) is 9.97 Å². The highest BCUT2D eigenvalue weighted by Gasteiger charge is 2.25. The fraction of sp³-hybridized carbons (Fsp3) is 0.360. The Bertz CT molecular complexity index is 1150. The lowest BCUT2D eigenvalue weighted by atomic mass is 9.95. The zero-order valence-corrected chi connectivity index (χ0v) is 18.2. The molecule has 0 spiro atoms. The van der Waals surface area contributed by atoms with Gasteiger partial charge in [-0.1, -0.05) is 24.3 Å². The standard InChI is InChI=1S/C25H29N5O/c1-28-23-6-4-3-5-22(23)27-24(28)18-29-14-11-20(12-15-29)25-26-13-16-30(25)17-19-7-9-21(31-2)10-8-19/h3-10,13,16,20H,11-12,14-15,17-18H2,1-2H3. The van der Waals surface area contributed by atoms with Crippen LogP contribution in [0.4, 0.5) is 0 Å². The summed E-state index contributed by atoms with van der Waals surface area (Å²) in [6.45, 7) is 3.89. The summed E-state index contributed by atoms with van der Waals surface area (Å²) in [5.74, 6) is 3.74. The predicted octanol–water partition coefficient (Wildman–Crippen LogP) is 4.21. The summed E-state index contributed by atoms with van der Waals surface area (Å²) in [6, 6.07) is 16.7. The summed E-state index contributed by atoms with van der Waals surface area (Å²) in [4.78, 5) is 12.1. The molecule has 0 radical (unpaired) electrons. The number of piperidine rings is 1. The van der Waals surface area contributed by atoms with E-state index in [0.717, 1.165) is 56.1 Å². The number of ether oxygens (including phenoxy) is 1. The van der Waals surface area contributed by atoms with Crippen molar-refractivity contribution in [1.29, 1.82) is 0 Å². The minimum Gasteiger partial charge on any atom is -0.497 e. The van der Waals surface area contributed by atoms with Gasteiger partial charge in [0.15, 0.2) is 0 Å². The van der Waals surface area contributed by atoms with Crippen LogP contribution in [0, 0.1) is 0 Å². The average molecular weight is 416 g/mol. The minimum atomic E-state index is 0.505. The Hall–Kier alpha value is -3.12. The SMILES string of the molecule is COc1ccc(Cn2ccnc2C2CCN(Cc3nc4ccccc4n3C)CC2)cc1. The van der Waals surface area contributed by atoms with Crippen molar-refractivity contribution in [3.8, 4) is 5.75 Å². The molecule has 160 valence electrons. The van der Waals surface area contributed by atoms with Gasteiger partial charge in [-0.05, 0) is 55.8 Å². The second-order valence-electron chi connectivity index (χ2n) is 8.39. The highest BCUT2D eigenvalue weighted by Crippen LogP contribution is 2.28. The zero-order chi connectivity index (χ0) is 21.2. The van der Waals surface area contributed by atoms with Gasteiger partial charge >= 0.3 is 0 Å². The first-order chi connectivity index (χ1) is 15.2. The number of aromatic nitrogens is 4. The molecule has 0 atom stereocenters. The maximum atomic E-state index is 5.27. The van der Waals surface area contributed by atoms with Crippen LogP contribution in [0.5, 0.6) is 5.75 Å². The minimum absolute atomic E-state index is 0.505. The molecule has 0 amide bonds. The van der Waals surface area contributed by atoms with Crippen LogP contribution >= 0.6 is 0 Å². The first-order valence-electron chi connectivity index (χ1n) is 11.0. The van der Waals surface area contributed by atoms with Crippen LogP contribution in [-0.4, -0.2) is 44.2 Å². The van der Waals surface area contributed by atoms with E-state index >= 15 is 0 Å². The molecule has 6 nitrogen and oxygen atoms in total. The van der Waals surface area contributed by atoms with Crippen LogP contribution in [0.15, 0.2) is 60.9 Å². The van der Waals surface area contributed by atoms with Crippen LogP contribution < -0.4 is 4.74 Å². The van der Waals surface area contributed by atoms with Crippen molar-refractivity contribution in [3.05, 3.63) is 78.1 Å². The van der Waals surface area contributed by atoms with Gasteiger partial charge in [0, 0.05) is 31.9 Å². The predicted molar refractivity (Wildman–Crippen MR) is 122 cm³/mol. The lowest BCUT2D eigenvalue weighted by molar-refractivity contribution is 0.195. The monoisotopic (exact) mass is 415 g/mol. The third kappa shape index (κ3) is 4.08. The number of benzene rings is 2. The van der Waals surface area contributed by atoms with Crippen molar-refractivity contribution in [3.63, 3.8) is 0 Å². The Balaban J connectivity index is 1.22. The highest BCUT2D eigenvalue weighted by molar-refractivity contribution is 5.75. The molecule has 1 fully saturated rings. The first-order valence-corrected chi connectivity index (χ1v) is 11.0. The van der Waals surface area contributed by atoms with E-state index in [9.17, 15) is 0 Å². The summed E-state index contributed by atoms with van der Waals surface area (Å²) >= 11 is 0. The average Bonchev–Trinajstić information content (AvgIpc) is 3.39. The van der Waals surface area contributed by atoms with Crippen LogP contribution in [0.25, 0.3) is 11.0 Å². The van der Waals surface area contributed by atoms with Crippen molar-refractivity contribution in [2.75, 3.05) is 20.2 Å². The van der Waals surface area contributed by atoms with Gasteiger partial charge in [0.1, 0.15) is 17.4 Å². The third-order valence-corrected chi connectivity index (χ3v) is 6.46. The summed E-state index contributed by atoms with van der Waals surface area (Å²) in [5, 5.41) is 0. The van der Waals surface area contributed by atoms with E-state index in [4.69, 9.17) is 14.7 Å². The Morgan fingerprint density at radius 1 is 1.00 bits per heavy atom. The molecular formula is C25H29N5O. The molecule has 31 heavy (non-hydrogen) atoms. The topological polar surface area (TPSA) is 48.1 Å². The number of likely N-dealkylation sites (tertiary alicyclic amines) is 1. The van der Waals surface area contributed by atoms with Crippen molar-refractivity contribution in [2.24, 2.45) is 7.05 Å². The number of para-hydroxylation sites is 2. The molecule has 6 heteroatoms.